The lowest BCUT2D eigenvalue weighted by molar-refractivity contribution is -0.383. The molecule has 21 heteroatoms. The van der Waals surface area contributed by atoms with Gasteiger partial charge in [-0.05, 0) is 202 Å². The number of imide groups is 4. The predicted octanol–water partition coefficient (Wildman–Crippen LogP) is 10.7. The quantitative estimate of drug-likeness (QED) is 0.142. The van der Waals surface area contributed by atoms with Crippen LogP contribution in [0, 0.1) is 81.8 Å². The average Bonchev–Trinajstić information content (AvgIpc) is 1.21. The van der Waals surface area contributed by atoms with Crippen LogP contribution < -0.4 is 0 Å². The Morgan fingerprint density at radius 1 is 0.337 bits per heavy atom. The molecule has 4 saturated heterocycles. The van der Waals surface area contributed by atoms with Crippen LogP contribution in [-0.2, 0) is 52.6 Å². The largest absolute Gasteiger partial charge is 0.403 e. The van der Waals surface area contributed by atoms with Crippen LogP contribution in [-0.4, -0.2) is 141 Å². The third-order valence-electron chi connectivity index (χ3n) is 24.6. The maximum atomic E-state index is 15.5. The Bertz CT molecular complexity index is 2590. The van der Waals surface area contributed by atoms with Gasteiger partial charge in [0.15, 0.2) is 5.41 Å². The van der Waals surface area contributed by atoms with Gasteiger partial charge in [0.25, 0.3) is 0 Å². The Hall–Kier alpha value is -3.98. The molecule has 12 aliphatic rings. The van der Waals surface area contributed by atoms with Crippen LogP contribution in [0.2, 0.25) is 0 Å². The monoisotopic (exact) mass is 1220 g/mol. The molecule has 13 unspecified atom stereocenters. The fourth-order valence-corrected chi connectivity index (χ4v) is 19.7. The van der Waals surface area contributed by atoms with E-state index in [-0.39, 0.29) is 103 Å². The van der Waals surface area contributed by atoms with Gasteiger partial charge in [0, 0.05) is 25.2 Å². The van der Waals surface area contributed by atoms with Crippen molar-refractivity contribution in [2.24, 2.45) is 81.8 Å². The number of ether oxygens (including phenoxy) is 3. The Morgan fingerprint density at radius 2 is 0.651 bits per heavy atom. The van der Waals surface area contributed by atoms with E-state index in [1.165, 1.54) is 29.7 Å². The normalized spacial score (nSPS) is 42.2. The second kappa shape index (κ2) is 23.4. The molecule has 86 heavy (non-hydrogen) atoms. The molecule has 0 aromatic rings. The molecule has 0 bridgehead atoms. The number of halogens is 6. The number of rotatable bonds is 11. The molecule has 478 valence electrons. The van der Waals surface area contributed by atoms with Gasteiger partial charge in [-0.15, -0.1) is 0 Å². The van der Waals surface area contributed by atoms with E-state index in [4.69, 9.17) is 14.2 Å². The molecule has 0 spiro atoms. The van der Waals surface area contributed by atoms with E-state index in [0.717, 1.165) is 60.7 Å². The topological polar surface area (TPSA) is 177 Å². The lowest BCUT2D eigenvalue weighted by Crippen LogP contribution is -2.61. The molecule has 8 saturated carbocycles. The summed E-state index contributed by atoms with van der Waals surface area (Å²) in [6.07, 6.45) is -0.953. The van der Waals surface area contributed by atoms with Crippen molar-refractivity contribution in [1.29, 1.82) is 0 Å². The highest BCUT2D eigenvalue weighted by Gasteiger charge is 2.78. The lowest BCUT2D eigenvalue weighted by Gasteiger charge is -2.52. The molecule has 8 aliphatic carbocycles. The summed E-state index contributed by atoms with van der Waals surface area (Å²) >= 11 is 0. The maximum absolute atomic E-state index is 15.5. The molecule has 0 aromatic carbocycles. The highest BCUT2D eigenvalue weighted by molar-refractivity contribution is 6.10. The minimum Gasteiger partial charge on any atom is -0.375 e. The number of alkyl halides is 6. The average molecular weight is 1220 g/mol. The van der Waals surface area contributed by atoms with Crippen molar-refractivity contribution in [3.63, 3.8) is 0 Å². The van der Waals surface area contributed by atoms with Crippen molar-refractivity contribution in [2.45, 2.75) is 268 Å². The molecule has 13 atom stereocenters. The van der Waals surface area contributed by atoms with Gasteiger partial charge in [0.05, 0.1) is 84.0 Å². The van der Waals surface area contributed by atoms with Crippen LogP contribution in [0.3, 0.4) is 0 Å². The molecule has 0 aromatic heterocycles. The van der Waals surface area contributed by atoms with Gasteiger partial charge in [-0.2, -0.15) is 26.3 Å². The van der Waals surface area contributed by atoms with Crippen molar-refractivity contribution >= 4 is 47.3 Å². The van der Waals surface area contributed by atoms with Crippen LogP contribution >= 0.6 is 0 Å². The standard InChI is InChI=1S/C65H90F6N4O11/c1-33-6-17-40(18-7-33)84-41-19-11-38(12-20-41)74-58(80)48-31-50-51(32-49(48)59(74)81)61(83)75(60(50)82)39-15-23-43(24-16-39)86-53-30-34(62(2,3)4)10-27-52(53)85-42-21-13-37(14-22-42)73-56(78)45-26-9-36(29-47(45)57(73)79)63(64(66,67)68,65(69,70)71)35-8-25-44-46(28-35)55(77)72(5)54(44)76/h33-53H,6-32H2,1-5H3. The number of carbonyl (C=O) groups excluding carboxylic acids is 8. The zero-order chi connectivity index (χ0) is 61.3. The molecule has 12 rings (SSSR count). The molecular weight excluding hydrogens is 1130 g/mol. The Morgan fingerprint density at radius 3 is 1.05 bits per heavy atom. The van der Waals surface area contributed by atoms with Gasteiger partial charge < -0.3 is 14.2 Å². The van der Waals surface area contributed by atoms with E-state index in [1.54, 1.807) is 0 Å². The van der Waals surface area contributed by atoms with Gasteiger partial charge >= 0.3 is 12.4 Å². The summed E-state index contributed by atoms with van der Waals surface area (Å²) < 4.78 is 113. The minimum atomic E-state index is -5.80. The molecule has 8 amide bonds. The van der Waals surface area contributed by atoms with Gasteiger partial charge in [0.2, 0.25) is 47.3 Å². The predicted molar refractivity (Wildman–Crippen MR) is 297 cm³/mol. The van der Waals surface area contributed by atoms with E-state index in [1.807, 2.05) is 0 Å². The van der Waals surface area contributed by atoms with E-state index in [9.17, 15) is 38.4 Å². The molecule has 4 heterocycles. The van der Waals surface area contributed by atoms with Crippen LogP contribution in [0.15, 0.2) is 0 Å². The second-order valence-electron chi connectivity index (χ2n) is 30.1. The number of amides is 8. The summed E-state index contributed by atoms with van der Waals surface area (Å²) in [6, 6.07) is -1.08. The first-order valence-electron chi connectivity index (χ1n) is 33.2. The molecule has 4 aliphatic heterocycles. The summed E-state index contributed by atoms with van der Waals surface area (Å²) in [5, 5.41) is 0. The van der Waals surface area contributed by atoms with Crippen molar-refractivity contribution in [1.82, 2.24) is 19.6 Å². The smallest absolute Gasteiger partial charge is 0.375 e. The van der Waals surface area contributed by atoms with Crippen LogP contribution in [0.5, 0.6) is 0 Å². The van der Waals surface area contributed by atoms with Crippen molar-refractivity contribution in [2.75, 3.05) is 7.05 Å². The van der Waals surface area contributed by atoms with Gasteiger partial charge in [-0.1, -0.05) is 27.7 Å². The molecular formula is C65H90F6N4O11. The summed E-state index contributed by atoms with van der Waals surface area (Å²) in [6.45, 7) is 8.93. The number of hydrogen-bond donors (Lipinski definition) is 0. The number of hydrogen-bond acceptors (Lipinski definition) is 11. The fraction of sp³-hybridized carbons (Fsp3) is 0.877. The molecule has 12 fully saturated rings. The van der Waals surface area contributed by atoms with Crippen molar-refractivity contribution < 1.29 is 78.9 Å². The number of carbonyl (C=O) groups is 8. The van der Waals surface area contributed by atoms with E-state index in [0.29, 0.717) is 70.1 Å². The van der Waals surface area contributed by atoms with E-state index in [2.05, 4.69) is 27.7 Å². The molecule has 0 N–H and O–H groups in total. The molecule has 0 radical (unpaired) electrons. The SMILES string of the molecule is CC1CCC(OC2CCC(N3C(=O)C4CC5C(=O)N(C6CCC(OC7CC(C(C)(C)C)CCC7OC7CCC(N8C(=O)C9CCC(C(C%10CCC%11C(=O)N(C)C(=O)C%11C%10)(C(F)(F)F)C(F)(F)F)CC9C8=O)CC7)CC6)C(=O)C5CC4C3=O)CC2)CC1. The zero-order valence-electron chi connectivity index (χ0n) is 50.8. The van der Waals surface area contributed by atoms with Gasteiger partial charge in [0.1, 0.15) is 0 Å². The summed E-state index contributed by atoms with van der Waals surface area (Å²) in [4.78, 5) is 116. The Labute approximate surface area is 501 Å². The van der Waals surface area contributed by atoms with Crippen LogP contribution in [0.4, 0.5) is 26.3 Å². The van der Waals surface area contributed by atoms with E-state index < -0.39 is 132 Å². The number of fused-ring (bicyclic) bond motifs is 4. The van der Waals surface area contributed by atoms with E-state index >= 15 is 26.3 Å². The first-order chi connectivity index (χ1) is 40.7. The Kier molecular flexibility index (Phi) is 16.9. The highest BCUT2D eigenvalue weighted by Crippen LogP contribution is 2.67. The van der Waals surface area contributed by atoms with Crippen molar-refractivity contribution in [3.05, 3.63) is 0 Å². The second-order valence-corrected chi connectivity index (χ2v) is 30.1. The lowest BCUT2D eigenvalue weighted by atomic mass is 9.54. The first kappa shape index (κ1) is 62.2. The van der Waals surface area contributed by atoms with Crippen molar-refractivity contribution in [3.8, 4) is 0 Å². The third-order valence-corrected chi connectivity index (χ3v) is 24.6. The minimum absolute atomic E-state index is 0.00913. The number of likely N-dealkylation sites (tertiary alicyclic amines) is 4. The van der Waals surface area contributed by atoms with Crippen LogP contribution in [0.1, 0.15) is 201 Å². The van der Waals surface area contributed by atoms with Gasteiger partial charge in [-0.3, -0.25) is 58.0 Å². The van der Waals surface area contributed by atoms with Crippen LogP contribution in [0.25, 0.3) is 0 Å². The molecule has 15 nitrogen and oxygen atoms in total. The maximum Gasteiger partial charge on any atom is 0.403 e. The summed E-state index contributed by atoms with van der Waals surface area (Å²) in [7, 11) is 1.19. The fourth-order valence-electron chi connectivity index (χ4n) is 19.7. The third kappa shape index (κ3) is 10.8. The van der Waals surface area contributed by atoms with Gasteiger partial charge in [-0.25, -0.2) is 0 Å². The first-order valence-corrected chi connectivity index (χ1v) is 33.2. The Balaban J connectivity index is 0.636. The zero-order valence-corrected chi connectivity index (χ0v) is 50.8. The highest BCUT2D eigenvalue weighted by atomic mass is 19.4. The summed E-state index contributed by atoms with van der Waals surface area (Å²) in [5.74, 6) is -13.6. The summed E-state index contributed by atoms with van der Waals surface area (Å²) in [5.41, 5.74) is -4.25. The number of nitrogens with zero attached hydrogens (tertiary/aromatic N) is 4.